The summed E-state index contributed by atoms with van der Waals surface area (Å²) in [7, 11) is -5.82. The molecule has 0 saturated carbocycles. The van der Waals surface area contributed by atoms with Crippen LogP contribution in [0.1, 0.15) is 30.1 Å². The molecule has 0 aromatic heterocycles. The zero-order valence-corrected chi connectivity index (χ0v) is 16.3. The summed E-state index contributed by atoms with van der Waals surface area (Å²) in [5.74, 6) is -0.230. The number of piperidine rings is 1. The minimum atomic E-state index is -3.95. The van der Waals surface area contributed by atoms with Gasteiger partial charge in [-0.3, -0.25) is 4.79 Å². The van der Waals surface area contributed by atoms with E-state index in [2.05, 4.69) is 5.32 Å². The van der Waals surface area contributed by atoms with Gasteiger partial charge in [-0.2, -0.15) is 0 Å². The second-order valence-electron chi connectivity index (χ2n) is 5.95. The fraction of sp³-hybridized carbons (Fsp3) is 0.533. The first-order valence-electron chi connectivity index (χ1n) is 8.08. The van der Waals surface area contributed by atoms with Crippen LogP contribution in [0.2, 0.25) is 0 Å². The molecular weight excluding hydrogens is 382 g/mol. The number of primary sulfonamides is 1. The van der Waals surface area contributed by atoms with Crippen molar-refractivity contribution in [3.63, 3.8) is 0 Å². The summed E-state index contributed by atoms with van der Waals surface area (Å²) in [5.41, 5.74) is 0.0580. The van der Waals surface area contributed by atoms with E-state index in [9.17, 15) is 21.6 Å². The van der Waals surface area contributed by atoms with E-state index in [1.807, 2.05) is 0 Å². The first-order valence-corrected chi connectivity index (χ1v) is 11.2. The number of hydrogen-bond donors (Lipinski definition) is 2. The third-order valence-corrected chi connectivity index (χ3v) is 7.08. The van der Waals surface area contributed by atoms with Crippen LogP contribution in [-0.2, 0) is 20.0 Å². The Hall–Kier alpha value is -1.69. The molecule has 146 valence electrons. The SMILES string of the molecule is CCS(=O)(=O)N1CCC(NC(=O)c2cc(S(N)(=O)=O)ccc2OC)CC1. The average Bonchev–Trinajstić information content (AvgIpc) is 2.60. The van der Waals surface area contributed by atoms with Crippen molar-refractivity contribution < 1.29 is 26.4 Å². The maximum absolute atomic E-state index is 12.5. The number of ether oxygens (including phenoxy) is 1. The molecule has 1 aromatic carbocycles. The molecule has 0 atom stereocenters. The average molecular weight is 405 g/mol. The van der Waals surface area contributed by atoms with E-state index < -0.39 is 26.0 Å². The molecule has 11 heteroatoms. The Bertz CT molecular complexity index is 875. The maximum Gasteiger partial charge on any atom is 0.255 e. The van der Waals surface area contributed by atoms with Crippen molar-refractivity contribution in [3.05, 3.63) is 23.8 Å². The van der Waals surface area contributed by atoms with Gasteiger partial charge in [0.1, 0.15) is 5.75 Å². The second-order valence-corrected chi connectivity index (χ2v) is 9.77. The molecule has 1 aromatic rings. The predicted molar refractivity (Wildman–Crippen MR) is 95.9 cm³/mol. The van der Waals surface area contributed by atoms with E-state index in [-0.39, 0.29) is 28.0 Å². The van der Waals surface area contributed by atoms with E-state index in [4.69, 9.17) is 9.88 Å². The van der Waals surface area contributed by atoms with Crippen molar-refractivity contribution in [1.29, 1.82) is 0 Å². The van der Waals surface area contributed by atoms with Gasteiger partial charge in [-0.05, 0) is 38.0 Å². The minimum absolute atomic E-state index is 0.0432. The summed E-state index contributed by atoms with van der Waals surface area (Å²) in [4.78, 5) is 12.4. The van der Waals surface area contributed by atoms with Crippen molar-refractivity contribution in [2.75, 3.05) is 26.0 Å². The molecular formula is C15H23N3O6S2. The number of rotatable bonds is 6. The monoisotopic (exact) mass is 405 g/mol. The maximum atomic E-state index is 12.5. The summed E-state index contributed by atoms with van der Waals surface area (Å²) in [6, 6.07) is 3.58. The summed E-state index contributed by atoms with van der Waals surface area (Å²) in [5, 5.41) is 7.91. The summed E-state index contributed by atoms with van der Waals surface area (Å²) >= 11 is 0. The van der Waals surface area contributed by atoms with Crippen LogP contribution in [0, 0.1) is 0 Å². The van der Waals surface area contributed by atoms with Crippen molar-refractivity contribution in [1.82, 2.24) is 9.62 Å². The van der Waals surface area contributed by atoms with Crippen LogP contribution in [0.15, 0.2) is 23.1 Å². The van der Waals surface area contributed by atoms with Gasteiger partial charge >= 0.3 is 0 Å². The predicted octanol–water partition coefficient (Wildman–Crippen LogP) is -0.113. The lowest BCUT2D eigenvalue weighted by atomic mass is 10.1. The number of nitrogens with one attached hydrogen (secondary N) is 1. The van der Waals surface area contributed by atoms with Crippen molar-refractivity contribution in [2.24, 2.45) is 5.14 Å². The van der Waals surface area contributed by atoms with E-state index in [1.165, 1.54) is 29.6 Å². The normalized spacial score (nSPS) is 17.0. The van der Waals surface area contributed by atoms with Crippen molar-refractivity contribution in [2.45, 2.75) is 30.7 Å². The number of amides is 1. The largest absolute Gasteiger partial charge is 0.496 e. The van der Waals surface area contributed by atoms with Gasteiger partial charge in [0.2, 0.25) is 20.0 Å². The molecule has 0 unspecified atom stereocenters. The van der Waals surface area contributed by atoms with Crippen LogP contribution in [0.4, 0.5) is 0 Å². The van der Waals surface area contributed by atoms with Gasteiger partial charge in [0.05, 0.1) is 23.3 Å². The zero-order valence-electron chi connectivity index (χ0n) is 14.6. The molecule has 0 bridgehead atoms. The van der Waals surface area contributed by atoms with E-state index >= 15 is 0 Å². The third-order valence-electron chi connectivity index (χ3n) is 4.29. The lowest BCUT2D eigenvalue weighted by Gasteiger charge is -2.31. The fourth-order valence-corrected chi connectivity index (χ4v) is 4.44. The molecule has 0 spiro atoms. The Labute approximate surface area is 153 Å². The Balaban J connectivity index is 2.11. The first kappa shape index (κ1) is 20.6. The molecule has 1 heterocycles. The van der Waals surface area contributed by atoms with Gasteiger partial charge in [0, 0.05) is 19.1 Å². The van der Waals surface area contributed by atoms with Crippen molar-refractivity contribution in [3.8, 4) is 5.75 Å². The van der Waals surface area contributed by atoms with Gasteiger partial charge in [-0.15, -0.1) is 0 Å². The standard InChI is InChI=1S/C15H23N3O6S2/c1-3-25(20,21)18-8-6-11(7-9-18)17-15(19)13-10-12(26(16,22)23)4-5-14(13)24-2/h4-5,10-11H,3,6-9H2,1-2H3,(H,17,19)(H2,16,22,23). The highest BCUT2D eigenvalue weighted by atomic mass is 32.2. The van der Waals surface area contributed by atoms with Crippen LogP contribution < -0.4 is 15.2 Å². The molecule has 0 radical (unpaired) electrons. The molecule has 1 saturated heterocycles. The summed E-state index contributed by atoms with van der Waals surface area (Å²) in [6.45, 7) is 2.25. The fourth-order valence-electron chi connectivity index (χ4n) is 2.77. The number of nitrogens with zero attached hydrogens (tertiary/aromatic N) is 1. The van der Waals surface area contributed by atoms with Gasteiger partial charge in [-0.25, -0.2) is 26.3 Å². The topological polar surface area (TPSA) is 136 Å². The number of methoxy groups -OCH3 is 1. The Kier molecular flexibility index (Phi) is 6.27. The summed E-state index contributed by atoms with van der Waals surface area (Å²) < 4.78 is 53.3. The van der Waals surface area contributed by atoms with Crippen LogP contribution in [-0.4, -0.2) is 59.0 Å². The van der Waals surface area contributed by atoms with Gasteiger partial charge < -0.3 is 10.1 Å². The highest BCUT2D eigenvalue weighted by Crippen LogP contribution is 2.23. The van der Waals surface area contributed by atoms with E-state index in [0.29, 0.717) is 25.9 Å². The molecule has 1 aliphatic rings. The zero-order chi connectivity index (χ0) is 19.5. The Morgan fingerprint density at radius 2 is 1.88 bits per heavy atom. The number of hydrogen-bond acceptors (Lipinski definition) is 6. The molecule has 26 heavy (non-hydrogen) atoms. The Morgan fingerprint density at radius 3 is 2.38 bits per heavy atom. The smallest absolute Gasteiger partial charge is 0.255 e. The van der Waals surface area contributed by atoms with E-state index in [0.717, 1.165) is 0 Å². The summed E-state index contributed by atoms with van der Waals surface area (Å²) in [6.07, 6.45) is 0.949. The first-order chi connectivity index (χ1) is 12.1. The lowest BCUT2D eigenvalue weighted by Crippen LogP contribution is -2.46. The number of carbonyl (C=O) groups is 1. The quantitative estimate of drug-likeness (QED) is 0.677. The van der Waals surface area contributed by atoms with Crippen LogP contribution in [0.3, 0.4) is 0 Å². The second kappa shape index (κ2) is 7.91. The molecule has 3 N–H and O–H groups in total. The van der Waals surface area contributed by atoms with Gasteiger partial charge in [-0.1, -0.05) is 0 Å². The molecule has 0 aliphatic carbocycles. The number of sulfonamides is 2. The molecule has 1 amide bonds. The van der Waals surface area contributed by atoms with Crippen LogP contribution in [0.25, 0.3) is 0 Å². The number of benzene rings is 1. The molecule has 1 aliphatic heterocycles. The van der Waals surface area contributed by atoms with Gasteiger partial charge in [0.25, 0.3) is 5.91 Å². The lowest BCUT2D eigenvalue weighted by molar-refractivity contribution is 0.0920. The third kappa shape index (κ3) is 4.72. The minimum Gasteiger partial charge on any atom is -0.496 e. The van der Waals surface area contributed by atoms with Crippen LogP contribution >= 0.6 is 0 Å². The highest BCUT2D eigenvalue weighted by Gasteiger charge is 2.28. The molecule has 1 fully saturated rings. The molecule has 9 nitrogen and oxygen atoms in total. The number of nitrogens with two attached hydrogens (primary N) is 1. The molecule has 2 rings (SSSR count). The van der Waals surface area contributed by atoms with Gasteiger partial charge in [0.15, 0.2) is 0 Å². The van der Waals surface area contributed by atoms with Crippen LogP contribution in [0.5, 0.6) is 5.75 Å². The highest BCUT2D eigenvalue weighted by molar-refractivity contribution is 7.89. The van der Waals surface area contributed by atoms with E-state index in [1.54, 1.807) is 6.92 Å². The van der Waals surface area contributed by atoms with Crippen molar-refractivity contribution >= 4 is 26.0 Å². The number of carbonyl (C=O) groups excluding carboxylic acids is 1. The Morgan fingerprint density at radius 1 is 1.27 bits per heavy atom.